The molecule has 0 heterocycles. The van der Waals surface area contributed by atoms with Crippen LogP contribution < -0.4 is 28.1 Å². The van der Waals surface area contributed by atoms with Gasteiger partial charge in [0.15, 0.2) is 0 Å². The van der Waals surface area contributed by atoms with Gasteiger partial charge in [-0.1, -0.05) is 0 Å². The summed E-state index contributed by atoms with van der Waals surface area (Å²) in [4.78, 5) is 0. The molecule has 3 heteroatoms. The molecule has 6 aromatic rings. The number of aryl methyl sites for hydroxylation is 2. The van der Waals surface area contributed by atoms with Crippen LogP contribution in [0.15, 0.2) is 140 Å². The predicted molar refractivity (Wildman–Crippen MR) is 177 cm³/mol. The third-order valence-electron chi connectivity index (χ3n) is 9.13. The third kappa shape index (κ3) is 5.10. The Morgan fingerprint density at radius 2 is 1.16 bits per heavy atom. The van der Waals surface area contributed by atoms with Crippen LogP contribution in [-0.4, -0.2) is 3.21 Å². The molecule has 44 heavy (non-hydrogen) atoms. The van der Waals surface area contributed by atoms with Crippen molar-refractivity contribution in [1.29, 1.82) is 0 Å². The van der Waals surface area contributed by atoms with E-state index in [1.54, 1.807) is 6.48 Å². The van der Waals surface area contributed by atoms with Crippen LogP contribution in [-0.2, 0) is 27.7 Å². The normalized spacial score (nSPS) is 12.8. The monoisotopic (exact) mass is 684 g/mol. The molecule has 0 fully saturated rings. The number of benzene rings is 6. The second-order valence-electron chi connectivity index (χ2n) is 11.8. The Labute approximate surface area is 280 Å². The van der Waals surface area contributed by atoms with Crippen LogP contribution in [0.5, 0.6) is 0 Å². The van der Waals surface area contributed by atoms with E-state index in [1.165, 1.54) is 66.1 Å². The molecular weight excluding hydrogens is 655 g/mol. The van der Waals surface area contributed by atoms with E-state index in [-0.39, 0.29) is 24.8 Å². The van der Waals surface area contributed by atoms with E-state index in [0.29, 0.717) is 3.63 Å². The van der Waals surface area contributed by atoms with Crippen molar-refractivity contribution in [3.63, 3.8) is 0 Å². The second-order valence-corrected chi connectivity index (χ2v) is 18.0. The Morgan fingerprint density at radius 3 is 1.82 bits per heavy atom. The van der Waals surface area contributed by atoms with E-state index in [9.17, 15) is 0 Å². The van der Waals surface area contributed by atoms with Crippen molar-refractivity contribution in [2.45, 2.75) is 23.9 Å². The fourth-order valence-electron chi connectivity index (χ4n) is 7.17. The second kappa shape index (κ2) is 12.6. The van der Waals surface area contributed by atoms with Gasteiger partial charge in [-0.05, 0) is 0 Å². The van der Waals surface area contributed by atoms with Gasteiger partial charge in [-0.15, -0.1) is 0 Å². The Morgan fingerprint density at radius 1 is 0.591 bits per heavy atom. The summed E-state index contributed by atoms with van der Waals surface area (Å²) in [6.45, 7) is 4.38. The molecule has 0 radical (unpaired) electrons. The molecule has 0 unspecified atom stereocenters. The van der Waals surface area contributed by atoms with Crippen molar-refractivity contribution in [3.8, 4) is 11.1 Å². The molecule has 0 nitrogen and oxygen atoms in total. The van der Waals surface area contributed by atoms with Gasteiger partial charge in [0, 0.05) is 0 Å². The van der Waals surface area contributed by atoms with Gasteiger partial charge in [-0.25, -0.2) is 0 Å². The van der Waals surface area contributed by atoms with E-state index in [4.69, 9.17) is 0 Å². The average Bonchev–Trinajstić information content (AvgIpc) is 3.70. The van der Waals surface area contributed by atoms with Gasteiger partial charge in [0.25, 0.3) is 0 Å². The first-order chi connectivity index (χ1) is 20.7. The van der Waals surface area contributed by atoms with Crippen LogP contribution in [0.3, 0.4) is 0 Å². The molecule has 0 bridgehead atoms. The van der Waals surface area contributed by atoms with Crippen molar-refractivity contribution in [2.75, 3.05) is 0 Å². The van der Waals surface area contributed by atoms with Crippen LogP contribution in [0.25, 0.3) is 32.7 Å². The van der Waals surface area contributed by atoms with Crippen molar-refractivity contribution < 1.29 is 46.1 Å². The molecule has 0 amide bonds. The summed E-state index contributed by atoms with van der Waals surface area (Å²) in [5, 5.41) is 5.68. The summed E-state index contributed by atoms with van der Waals surface area (Å²) in [6, 6.07) is 44.0. The topological polar surface area (TPSA) is 0 Å². The van der Waals surface area contributed by atoms with E-state index in [0.717, 1.165) is 6.42 Å². The van der Waals surface area contributed by atoms with Gasteiger partial charge >= 0.3 is 257 Å². The smallest absolute Gasteiger partial charge is 1.00 e. The summed E-state index contributed by atoms with van der Waals surface area (Å²) in [5.41, 5.74) is 11.2. The quantitative estimate of drug-likeness (QED) is 0.249. The Balaban J connectivity index is 0.00000171. The summed E-state index contributed by atoms with van der Waals surface area (Å²) < 4.78 is 3.66. The Bertz CT molecular complexity index is 2060. The van der Waals surface area contributed by atoms with Gasteiger partial charge in [0.1, 0.15) is 0 Å². The molecule has 8 rings (SSSR count). The summed E-state index contributed by atoms with van der Waals surface area (Å²) in [5.74, 6) is 0. The van der Waals surface area contributed by atoms with Crippen LogP contribution in [0.1, 0.15) is 33.4 Å². The van der Waals surface area contributed by atoms with E-state index in [2.05, 4.69) is 153 Å². The van der Waals surface area contributed by atoms with Crippen LogP contribution in [0.2, 0.25) is 3.63 Å². The van der Waals surface area contributed by atoms with Crippen LogP contribution in [0, 0.1) is 13.8 Å². The number of hydrogen-bond acceptors (Lipinski definition) is 0. The standard InChI is InChI=1S/C21H13.C15H14.C5H5.2ClH.Zr/c1-2-8-15-14(7-1)13-20-18-11-4-3-9-16(18)17-10-5-6-12-19(17)21(15)20;1-12-3-7-14(8-4-12)11-15-9-5-13(2)6-10-15;1-2-4-5-3-1;;;/h1-10,12H,13H2;3-10H,1-2H3;1-5H;2*1H;/q;;;;;+2/p-2. The molecule has 214 valence electrons. The molecule has 6 aromatic carbocycles. The maximum atomic E-state index is 2.50. The minimum atomic E-state index is -2.70. The van der Waals surface area contributed by atoms with Crippen LogP contribution >= 0.6 is 0 Å². The molecule has 2 aliphatic carbocycles. The van der Waals surface area contributed by atoms with Crippen molar-refractivity contribution in [1.82, 2.24) is 0 Å². The maximum Gasteiger partial charge on any atom is -1.00 e. The molecular formula is C41H32Cl2Zr. The minimum Gasteiger partial charge on any atom is -1.00 e. The molecule has 0 aromatic heterocycles. The van der Waals surface area contributed by atoms with Crippen molar-refractivity contribution in [2.24, 2.45) is 0 Å². The first-order valence-corrected chi connectivity index (χ1v) is 18.8. The number of allylic oxidation sites excluding steroid dienone is 4. The first kappa shape index (κ1) is 30.7. The van der Waals surface area contributed by atoms with Gasteiger partial charge in [-0.3, -0.25) is 0 Å². The number of fused-ring (bicyclic) bond motifs is 8. The van der Waals surface area contributed by atoms with E-state index in [1.807, 2.05) is 0 Å². The first-order valence-electron chi connectivity index (χ1n) is 15.0. The summed E-state index contributed by atoms with van der Waals surface area (Å²) in [6.07, 6.45) is 10.5. The zero-order valence-corrected chi connectivity index (χ0v) is 28.8. The average molecular weight is 687 g/mol. The molecule has 0 spiro atoms. The van der Waals surface area contributed by atoms with E-state index >= 15 is 0 Å². The fourth-order valence-corrected chi connectivity index (χ4v) is 15.4. The molecule has 0 N–H and O–H groups in total. The molecule has 0 saturated carbocycles. The van der Waals surface area contributed by atoms with Gasteiger partial charge < -0.3 is 24.8 Å². The number of halogens is 2. The third-order valence-corrected chi connectivity index (χ3v) is 16.9. The fraction of sp³-hybridized carbons (Fsp3) is 0.0976. The largest absolute Gasteiger partial charge is 1.00 e. The molecule has 2 aliphatic rings. The van der Waals surface area contributed by atoms with Crippen molar-refractivity contribution >= 4 is 28.0 Å². The summed E-state index contributed by atoms with van der Waals surface area (Å²) in [7, 11) is 0. The minimum absolute atomic E-state index is 0. The zero-order chi connectivity index (χ0) is 28.2. The van der Waals surface area contributed by atoms with Gasteiger partial charge in [0.05, 0.1) is 0 Å². The zero-order valence-electron chi connectivity index (χ0n) is 24.8. The van der Waals surface area contributed by atoms with Gasteiger partial charge in [-0.2, -0.15) is 0 Å². The maximum absolute atomic E-state index is 2.70. The molecule has 0 saturated heterocycles. The molecule has 0 atom stereocenters. The Hall–Kier alpha value is -3.35. The van der Waals surface area contributed by atoms with E-state index < -0.39 is 21.3 Å². The van der Waals surface area contributed by atoms with Gasteiger partial charge in [0.2, 0.25) is 0 Å². The Kier molecular flexibility index (Phi) is 8.76. The summed E-state index contributed by atoms with van der Waals surface area (Å²) >= 11 is -2.70. The predicted octanol–water partition coefficient (Wildman–Crippen LogP) is 3.62. The molecule has 0 aliphatic heterocycles. The SMILES string of the molecule is Cc1ccc([C](c2ccc(C)cc2)=[Zr+2]([c]2cccc3c2c2c(c4ccccc43)-c3ccccc3C2)[CH]2C=CC=C2)cc1.[Cl-].[Cl-]. The number of rotatable bonds is 4. The number of hydrogen-bond donors (Lipinski definition) is 0. The van der Waals surface area contributed by atoms with Crippen LogP contribution in [0.4, 0.5) is 0 Å². The van der Waals surface area contributed by atoms with Crippen molar-refractivity contribution in [3.05, 3.63) is 173 Å².